The molecule has 3 nitrogen and oxygen atoms in total. The van der Waals surface area contributed by atoms with Crippen LogP contribution in [0.15, 0.2) is 0 Å². The maximum atomic E-state index is 11.9. The minimum atomic E-state index is 0.231. The number of nitrogens with one attached hydrogen (secondary N) is 2. The Morgan fingerprint density at radius 2 is 1.83 bits per heavy atom. The molecule has 1 saturated heterocycles. The van der Waals surface area contributed by atoms with Crippen LogP contribution in [0, 0.1) is 17.3 Å². The smallest absolute Gasteiger partial charge is 0.225 e. The lowest BCUT2D eigenvalue weighted by Crippen LogP contribution is -2.53. The zero-order valence-electron chi connectivity index (χ0n) is 12.1. The summed E-state index contributed by atoms with van der Waals surface area (Å²) in [5.74, 6) is 1.34. The quantitative estimate of drug-likeness (QED) is 0.806. The summed E-state index contributed by atoms with van der Waals surface area (Å²) in [6.45, 7) is 8.79. The molecular formula is C15H28N2O. The lowest BCUT2D eigenvalue weighted by atomic mass is 9.69. The van der Waals surface area contributed by atoms with Crippen LogP contribution in [0.4, 0.5) is 0 Å². The van der Waals surface area contributed by atoms with E-state index in [0.717, 1.165) is 19.0 Å². The predicted molar refractivity (Wildman–Crippen MR) is 74.3 cm³/mol. The van der Waals surface area contributed by atoms with Gasteiger partial charge in [0.15, 0.2) is 0 Å². The highest BCUT2D eigenvalue weighted by molar-refractivity contribution is 5.80. The minimum absolute atomic E-state index is 0.231. The fraction of sp³-hybridized carbons (Fsp3) is 0.933. The fourth-order valence-electron chi connectivity index (χ4n) is 3.10. The summed E-state index contributed by atoms with van der Waals surface area (Å²) in [4.78, 5) is 11.9. The van der Waals surface area contributed by atoms with Crippen molar-refractivity contribution in [2.75, 3.05) is 13.1 Å². The molecule has 104 valence electrons. The first kappa shape index (κ1) is 13.9. The number of amides is 1. The predicted octanol–water partition coefficient (Wildman–Crippen LogP) is 2.32. The van der Waals surface area contributed by atoms with Crippen LogP contribution >= 0.6 is 0 Å². The number of hydrogen-bond donors (Lipinski definition) is 2. The fourth-order valence-corrected chi connectivity index (χ4v) is 3.10. The van der Waals surface area contributed by atoms with Crippen LogP contribution in [0.3, 0.4) is 0 Å². The molecule has 0 aromatic heterocycles. The van der Waals surface area contributed by atoms with Gasteiger partial charge in [-0.05, 0) is 37.0 Å². The first-order valence-electron chi connectivity index (χ1n) is 7.54. The lowest BCUT2D eigenvalue weighted by molar-refractivity contribution is -0.127. The zero-order valence-corrected chi connectivity index (χ0v) is 12.1. The number of hydrogen-bond acceptors (Lipinski definition) is 2. The number of carbonyl (C=O) groups is 1. The molecule has 2 fully saturated rings. The Morgan fingerprint density at radius 1 is 1.22 bits per heavy atom. The average molecular weight is 252 g/mol. The molecule has 2 rings (SSSR count). The maximum absolute atomic E-state index is 11.9. The highest BCUT2D eigenvalue weighted by Gasteiger charge is 2.33. The third-order valence-corrected chi connectivity index (χ3v) is 5.24. The molecule has 1 aliphatic heterocycles. The van der Waals surface area contributed by atoms with E-state index in [2.05, 4.69) is 31.4 Å². The van der Waals surface area contributed by atoms with Crippen molar-refractivity contribution >= 4 is 5.91 Å². The summed E-state index contributed by atoms with van der Waals surface area (Å²) in [7, 11) is 0. The summed E-state index contributed by atoms with van der Waals surface area (Å²) in [6.07, 6.45) is 6.13. The Bertz CT molecular complexity index is 289. The van der Waals surface area contributed by atoms with Gasteiger partial charge in [0.1, 0.15) is 0 Å². The molecule has 0 aromatic rings. The van der Waals surface area contributed by atoms with Crippen LogP contribution < -0.4 is 10.6 Å². The van der Waals surface area contributed by atoms with E-state index in [-0.39, 0.29) is 11.8 Å². The van der Waals surface area contributed by atoms with Crippen molar-refractivity contribution in [3.8, 4) is 0 Å². The van der Waals surface area contributed by atoms with Gasteiger partial charge in [0, 0.05) is 19.1 Å². The van der Waals surface area contributed by atoms with Crippen molar-refractivity contribution < 1.29 is 4.79 Å². The van der Waals surface area contributed by atoms with E-state index >= 15 is 0 Å². The summed E-state index contributed by atoms with van der Waals surface area (Å²) in [5.41, 5.74) is 0.465. The molecule has 0 radical (unpaired) electrons. The Kier molecular flexibility index (Phi) is 4.31. The van der Waals surface area contributed by atoms with Crippen molar-refractivity contribution in [1.82, 2.24) is 10.6 Å². The molecule has 0 spiro atoms. The van der Waals surface area contributed by atoms with Gasteiger partial charge in [-0.15, -0.1) is 0 Å². The van der Waals surface area contributed by atoms with Crippen molar-refractivity contribution in [3.05, 3.63) is 0 Å². The van der Waals surface area contributed by atoms with Crippen LogP contribution in [0.2, 0.25) is 0 Å². The molecule has 2 N–H and O–H groups in total. The van der Waals surface area contributed by atoms with Crippen LogP contribution in [0.1, 0.15) is 52.9 Å². The first-order chi connectivity index (χ1) is 8.53. The molecule has 3 heteroatoms. The minimum Gasteiger partial charge on any atom is -0.353 e. The van der Waals surface area contributed by atoms with Gasteiger partial charge in [0.05, 0.1) is 5.92 Å². The van der Waals surface area contributed by atoms with Gasteiger partial charge in [-0.1, -0.05) is 27.2 Å². The Hall–Kier alpha value is -0.570. The Balaban J connectivity index is 1.74. The van der Waals surface area contributed by atoms with Gasteiger partial charge in [0.25, 0.3) is 0 Å². The second-order valence-electron chi connectivity index (χ2n) is 6.75. The third-order valence-electron chi connectivity index (χ3n) is 5.24. The van der Waals surface area contributed by atoms with E-state index in [1.54, 1.807) is 0 Å². The first-order valence-corrected chi connectivity index (χ1v) is 7.54. The molecule has 0 unspecified atom stereocenters. The van der Waals surface area contributed by atoms with E-state index in [1.165, 1.54) is 32.1 Å². The standard InChI is InChI=1S/C15H28N2O/c1-4-15(2,3)12-5-7-13(8-6-12)17-14(18)11-9-16-10-11/h11-13,16H,4-10H2,1-3H3,(H,17,18). The second-order valence-corrected chi connectivity index (χ2v) is 6.75. The van der Waals surface area contributed by atoms with E-state index in [4.69, 9.17) is 0 Å². The molecule has 0 aromatic carbocycles. The van der Waals surface area contributed by atoms with Crippen molar-refractivity contribution in [1.29, 1.82) is 0 Å². The van der Waals surface area contributed by atoms with Crippen molar-refractivity contribution in [2.45, 2.75) is 58.9 Å². The number of rotatable bonds is 4. The maximum Gasteiger partial charge on any atom is 0.225 e. The van der Waals surface area contributed by atoms with Crippen LogP contribution in [0.25, 0.3) is 0 Å². The molecule has 2 aliphatic rings. The van der Waals surface area contributed by atoms with Crippen LogP contribution in [-0.4, -0.2) is 25.0 Å². The van der Waals surface area contributed by atoms with Crippen LogP contribution in [0.5, 0.6) is 0 Å². The molecule has 0 bridgehead atoms. The topological polar surface area (TPSA) is 41.1 Å². The van der Waals surface area contributed by atoms with Gasteiger partial charge in [0.2, 0.25) is 5.91 Å². The number of carbonyl (C=O) groups excluding carboxylic acids is 1. The lowest BCUT2D eigenvalue weighted by Gasteiger charge is -2.39. The summed E-state index contributed by atoms with van der Waals surface area (Å²) in [6, 6.07) is 0.432. The van der Waals surface area contributed by atoms with Gasteiger partial charge >= 0.3 is 0 Å². The van der Waals surface area contributed by atoms with E-state index < -0.39 is 0 Å². The molecule has 1 saturated carbocycles. The van der Waals surface area contributed by atoms with Gasteiger partial charge in [-0.3, -0.25) is 4.79 Å². The molecule has 1 amide bonds. The average Bonchev–Trinajstić information content (AvgIpc) is 2.27. The third kappa shape index (κ3) is 3.05. The second kappa shape index (κ2) is 5.60. The zero-order chi connectivity index (χ0) is 13.2. The Labute approximate surface area is 111 Å². The summed E-state index contributed by atoms with van der Waals surface area (Å²) in [5, 5.41) is 6.38. The normalized spacial score (nSPS) is 29.7. The van der Waals surface area contributed by atoms with Crippen LogP contribution in [-0.2, 0) is 4.79 Å². The molecular weight excluding hydrogens is 224 g/mol. The van der Waals surface area contributed by atoms with Gasteiger partial charge < -0.3 is 10.6 Å². The van der Waals surface area contributed by atoms with E-state index in [0.29, 0.717) is 11.5 Å². The summed E-state index contributed by atoms with van der Waals surface area (Å²) >= 11 is 0. The largest absolute Gasteiger partial charge is 0.353 e. The highest BCUT2D eigenvalue weighted by Crippen LogP contribution is 2.40. The summed E-state index contributed by atoms with van der Waals surface area (Å²) < 4.78 is 0. The van der Waals surface area contributed by atoms with Gasteiger partial charge in [-0.25, -0.2) is 0 Å². The van der Waals surface area contributed by atoms with Gasteiger partial charge in [-0.2, -0.15) is 0 Å². The van der Waals surface area contributed by atoms with E-state index in [9.17, 15) is 4.79 Å². The molecule has 0 atom stereocenters. The SMILES string of the molecule is CCC(C)(C)C1CCC(NC(=O)C2CNC2)CC1. The molecule has 1 heterocycles. The van der Waals surface area contributed by atoms with E-state index in [1.807, 2.05) is 0 Å². The van der Waals surface area contributed by atoms with Crippen molar-refractivity contribution in [2.24, 2.45) is 17.3 Å². The highest BCUT2D eigenvalue weighted by atomic mass is 16.2. The monoisotopic (exact) mass is 252 g/mol. The molecule has 18 heavy (non-hydrogen) atoms. The van der Waals surface area contributed by atoms with Crippen molar-refractivity contribution in [3.63, 3.8) is 0 Å². The molecule has 1 aliphatic carbocycles. The Morgan fingerprint density at radius 3 is 2.28 bits per heavy atom.